The highest BCUT2D eigenvalue weighted by Gasteiger charge is 2.52. The highest BCUT2D eigenvalue weighted by atomic mass is 32.2. The van der Waals surface area contributed by atoms with E-state index in [-0.39, 0.29) is 5.91 Å². The molecule has 1 fully saturated rings. The van der Waals surface area contributed by atoms with Crippen molar-refractivity contribution in [1.82, 2.24) is 5.32 Å². The predicted octanol–water partition coefficient (Wildman–Crippen LogP) is 1.37. The number of thiophene rings is 1. The lowest BCUT2D eigenvalue weighted by Gasteiger charge is -2.38. The van der Waals surface area contributed by atoms with Gasteiger partial charge in [-0.1, -0.05) is 6.07 Å². The molecule has 1 aromatic rings. The Hall–Kier alpha value is -0.880. The van der Waals surface area contributed by atoms with E-state index in [0.717, 1.165) is 19.1 Å². The fourth-order valence-corrected chi connectivity index (χ4v) is 4.33. The maximum atomic E-state index is 12.0. The monoisotopic (exact) mass is 287 g/mol. The summed E-state index contributed by atoms with van der Waals surface area (Å²) in [6.07, 6.45) is 3.63. The summed E-state index contributed by atoms with van der Waals surface area (Å²) >= 11 is 1.64. The predicted molar refractivity (Wildman–Crippen MR) is 72.5 cm³/mol. The van der Waals surface area contributed by atoms with Crippen LogP contribution < -0.4 is 5.32 Å². The van der Waals surface area contributed by atoms with Crippen molar-refractivity contribution in [2.24, 2.45) is 0 Å². The molecule has 4 nitrogen and oxygen atoms in total. The molecule has 0 radical (unpaired) electrons. The lowest BCUT2D eigenvalue weighted by molar-refractivity contribution is -0.125. The van der Waals surface area contributed by atoms with Crippen molar-refractivity contribution in [3.63, 3.8) is 0 Å². The van der Waals surface area contributed by atoms with Crippen molar-refractivity contribution in [3.05, 3.63) is 22.4 Å². The van der Waals surface area contributed by atoms with Gasteiger partial charge in [-0.15, -0.1) is 11.3 Å². The second kappa shape index (κ2) is 5.01. The number of nitrogens with one attached hydrogen (secondary N) is 1. The van der Waals surface area contributed by atoms with Gasteiger partial charge in [0.25, 0.3) is 0 Å². The molecule has 1 saturated carbocycles. The van der Waals surface area contributed by atoms with E-state index >= 15 is 0 Å². The van der Waals surface area contributed by atoms with Crippen LogP contribution in [0.2, 0.25) is 0 Å². The fourth-order valence-electron chi connectivity index (χ4n) is 2.18. The number of hydrogen-bond donors (Lipinski definition) is 1. The van der Waals surface area contributed by atoms with Crippen LogP contribution in [0.5, 0.6) is 0 Å². The molecule has 0 aliphatic heterocycles. The standard InChI is InChI=1S/C12H17NO3S2/c1-18(15,16)12(6-3-7-12)11(14)13-8-5-10-4-2-9-17-10/h2,4,9H,3,5-8H2,1H3,(H,13,14). The SMILES string of the molecule is CS(=O)(=O)C1(C(=O)NCCc2cccs2)CCC1. The van der Waals surface area contributed by atoms with Crippen LogP contribution in [0.1, 0.15) is 24.1 Å². The molecule has 0 aromatic carbocycles. The Bertz CT molecular complexity index is 516. The van der Waals surface area contributed by atoms with Crippen molar-refractivity contribution in [2.75, 3.05) is 12.8 Å². The molecule has 0 saturated heterocycles. The molecule has 0 unspecified atom stereocenters. The van der Waals surface area contributed by atoms with E-state index in [1.54, 1.807) is 11.3 Å². The number of sulfone groups is 1. The highest BCUT2D eigenvalue weighted by Crippen LogP contribution is 2.39. The van der Waals surface area contributed by atoms with Gasteiger partial charge in [-0.05, 0) is 37.1 Å². The van der Waals surface area contributed by atoms with Crippen molar-refractivity contribution >= 4 is 27.1 Å². The number of rotatable bonds is 5. The number of carbonyl (C=O) groups excluding carboxylic acids is 1. The molecule has 1 N–H and O–H groups in total. The largest absolute Gasteiger partial charge is 0.354 e. The van der Waals surface area contributed by atoms with Gasteiger partial charge in [0.2, 0.25) is 5.91 Å². The zero-order chi connectivity index (χ0) is 13.2. The van der Waals surface area contributed by atoms with E-state index < -0.39 is 14.6 Å². The summed E-state index contributed by atoms with van der Waals surface area (Å²) in [6, 6.07) is 3.97. The third-order valence-corrected chi connectivity index (χ3v) is 6.47. The van der Waals surface area contributed by atoms with Crippen molar-refractivity contribution in [1.29, 1.82) is 0 Å². The summed E-state index contributed by atoms with van der Waals surface area (Å²) in [4.78, 5) is 13.2. The Kier molecular flexibility index (Phi) is 3.77. The molecule has 0 atom stereocenters. The quantitative estimate of drug-likeness (QED) is 0.889. The average molecular weight is 287 g/mol. The van der Waals surface area contributed by atoms with Gasteiger partial charge in [-0.2, -0.15) is 0 Å². The molecule has 0 spiro atoms. The molecule has 1 heterocycles. The van der Waals surface area contributed by atoms with Gasteiger partial charge < -0.3 is 5.32 Å². The first-order valence-corrected chi connectivity index (χ1v) is 8.73. The highest BCUT2D eigenvalue weighted by molar-refractivity contribution is 7.93. The summed E-state index contributed by atoms with van der Waals surface area (Å²) in [5.74, 6) is -0.326. The molecule has 100 valence electrons. The summed E-state index contributed by atoms with van der Waals surface area (Å²) in [5.41, 5.74) is 0. The third kappa shape index (κ3) is 2.44. The van der Waals surface area contributed by atoms with Crippen molar-refractivity contribution in [2.45, 2.75) is 30.4 Å². The first-order chi connectivity index (χ1) is 8.46. The first-order valence-electron chi connectivity index (χ1n) is 5.96. The number of carbonyl (C=O) groups is 1. The van der Waals surface area contributed by atoms with Crippen LogP contribution in [-0.4, -0.2) is 31.9 Å². The normalized spacial score (nSPS) is 18.1. The Labute approximate surface area is 111 Å². The molecule has 6 heteroatoms. The Morgan fingerprint density at radius 1 is 1.50 bits per heavy atom. The Morgan fingerprint density at radius 2 is 2.22 bits per heavy atom. The molecular weight excluding hydrogens is 270 g/mol. The molecule has 1 aliphatic rings. The van der Waals surface area contributed by atoms with E-state index in [1.165, 1.54) is 4.88 Å². The van der Waals surface area contributed by atoms with Crippen LogP contribution in [-0.2, 0) is 21.1 Å². The van der Waals surface area contributed by atoms with E-state index in [1.807, 2.05) is 17.5 Å². The first kappa shape index (κ1) is 13.5. The number of hydrogen-bond acceptors (Lipinski definition) is 4. The molecule has 1 aliphatic carbocycles. The molecule has 1 amide bonds. The van der Waals surface area contributed by atoms with Gasteiger partial charge in [0.15, 0.2) is 9.84 Å². The molecule has 2 rings (SSSR count). The van der Waals surface area contributed by atoms with Gasteiger partial charge in [-0.3, -0.25) is 4.79 Å². The minimum Gasteiger partial charge on any atom is -0.354 e. The zero-order valence-electron chi connectivity index (χ0n) is 10.3. The van der Waals surface area contributed by atoms with Crippen molar-refractivity contribution < 1.29 is 13.2 Å². The van der Waals surface area contributed by atoms with Crippen LogP contribution >= 0.6 is 11.3 Å². The lowest BCUT2D eigenvalue weighted by Crippen LogP contribution is -2.56. The second-order valence-electron chi connectivity index (χ2n) is 4.71. The van der Waals surface area contributed by atoms with Crippen molar-refractivity contribution in [3.8, 4) is 0 Å². The van der Waals surface area contributed by atoms with Crippen LogP contribution in [0.25, 0.3) is 0 Å². The Morgan fingerprint density at radius 3 is 2.67 bits per heavy atom. The van der Waals surface area contributed by atoms with Gasteiger partial charge in [0.1, 0.15) is 4.75 Å². The number of amides is 1. The summed E-state index contributed by atoms with van der Waals surface area (Å²) in [5, 5.41) is 4.75. The average Bonchev–Trinajstić information content (AvgIpc) is 2.65. The van der Waals surface area contributed by atoms with Crippen LogP contribution in [0, 0.1) is 0 Å². The maximum absolute atomic E-state index is 12.0. The topological polar surface area (TPSA) is 63.2 Å². The lowest BCUT2D eigenvalue weighted by atomic mass is 9.83. The van der Waals surface area contributed by atoms with E-state index in [4.69, 9.17) is 0 Å². The summed E-state index contributed by atoms with van der Waals surface area (Å²) in [6.45, 7) is 0.497. The smallest absolute Gasteiger partial charge is 0.241 e. The van der Waals surface area contributed by atoms with Crippen LogP contribution in [0.3, 0.4) is 0 Å². The third-order valence-electron chi connectivity index (χ3n) is 3.52. The van der Waals surface area contributed by atoms with Gasteiger partial charge in [0, 0.05) is 17.7 Å². The molecule has 0 bridgehead atoms. The minimum absolute atomic E-state index is 0.326. The molecular formula is C12H17NO3S2. The van der Waals surface area contributed by atoms with Gasteiger partial charge in [-0.25, -0.2) is 8.42 Å². The van der Waals surface area contributed by atoms with E-state index in [0.29, 0.717) is 19.4 Å². The molecule has 1 aromatic heterocycles. The zero-order valence-corrected chi connectivity index (χ0v) is 11.9. The molecule has 18 heavy (non-hydrogen) atoms. The van der Waals surface area contributed by atoms with Gasteiger partial charge >= 0.3 is 0 Å². The maximum Gasteiger partial charge on any atom is 0.241 e. The van der Waals surface area contributed by atoms with E-state index in [9.17, 15) is 13.2 Å². The van der Waals surface area contributed by atoms with Gasteiger partial charge in [0.05, 0.1) is 0 Å². The summed E-state index contributed by atoms with van der Waals surface area (Å²) in [7, 11) is -3.32. The van der Waals surface area contributed by atoms with E-state index in [2.05, 4.69) is 5.32 Å². The summed E-state index contributed by atoms with van der Waals surface area (Å²) < 4.78 is 22.3. The fraction of sp³-hybridized carbons (Fsp3) is 0.583. The van der Waals surface area contributed by atoms with Crippen LogP contribution in [0.15, 0.2) is 17.5 Å². The second-order valence-corrected chi connectivity index (χ2v) is 8.06. The Balaban J connectivity index is 1.91. The van der Waals surface area contributed by atoms with Crippen LogP contribution in [0.4, 0.5) is 0 Å². The minimum atomic E-state index is -3.32.